The van der Waals surface area contributed by atoms with Crippen molar-refractivity contribution < 1.29 is 14.3 Å². The van der Waals surface area contributed by atoms with Gasteiger partial charge in [0.25, 0.3) is 5.91 Å². The molecule has 0 bridgehead atoms. The first-order valence-corrected chi connectivity index (χ1v) is 8.17. The first-order valence-electron chi connectivity index (χ1n) is 7.35. The number of aryl methyl sites for hydroxylation is 2. The summed E-state index contributed by atoms with van der Waals surface area (Å²) in [5.41, 5.74) is 3.98. The van der Waals surface area contributed by atoms with Crippen molar-refractivity contribution in [3.8, 4) is 0 Å². The number of fused-ring (bicyclic) bond motifs is 1. The third kappa shape index (κ3) is 3.14. The van der Waals surface area contributed by atoms with Crippen LogP contribution in [0.2, 0.25) is 0 Å². The molecule has 0 radical (unpaired) electrons. The predicted molar refractivity (Wildman–Crippen MR) is 94.8 cm³/mol. The zero-order valence-electron chi connectivity index (χ0n) is 13.5. The number of anilines is 1. The summed E-state index contributed by atoms with van der Waals surface area (Å²) in [6, 6.07) is 10.7. The summed E-state index contributed by atoms with van der Waals surface area (Å²) in [5, 5.41) is 3.30. The van der Waals surface area contributed by atoms with E-state index in [0.717, 1.165) is 21.3 Å². The Kier molecular flexibility index (Phi) is 4.31. The molecule has 0 saturated carbocycles. The fraction of sp³-hybridized carbons (Fsp3) is 0.167. The third-order valence-corrected chi connectivity index (χ3v) is 4.73. The number of carbonyl (C=O) groups is 2. The van der Waals surface area contributed by atoms with Crippen LogP contribution >= 0.6 is 11.3 Å². The van der Waals surface area contributed by atoms with Crippen molar-refractivity contribution in [3.05, 3.63) is 58.7 Å². The van der Waals surface area contributed by atoms with E-state index in [0.29, 0.717) is 16.3 Å². The van der Waals surface area contributed by atoms with Crippen LogP contribution in [0, 0.1) is 13.8 Å². The van der Waals surface area contributed by atoms with Crippen molar-refractivity contribution in [1.82, 2.24) is 4.98 Å². The minimum Gasteiger partial charge on any atom is -0.465 e. The maximum atomic E-state index is 12.4. The predicted octanol–water partition coefficient (Wildman–Crippen LogP) is 3.95. The molecule has 0 unspecified atom stereocenters. The Morgan fingerprint density at radius 1 is 1.04 bits per heavy atom. The van der Waals surface area contributed by atoms with E-state index in [1.165, 1.54) is 18.4 Å². The Bertz CT molecular complexity index is 947. The molecule has 6 heteroatoms. The lowest BCUT2D eigenvalue weighted by atomic mass is 10.1. The Balaban J connectivity index is 1.85. The molecule has 1 N–H and O–H groups in total. The van der Waals surface area contributed by atoms with Gasteiger partial charge in [-0.3, -0.25) is 10.1 Å². The van der Waals surface area contributed by atoms with Gasteiger partial charge in [-0.15, -0.1) is 0 Å². The Hall–Kier alpha value is -2.73. The van der Waals surface area contributed by atoms with E-state index in [2.05, 4.69) is 10.3 Å². The van der Waals surface area contributed by atoms with E-state index >= 15 is 0 Å². The Labute approximate surface area is 143 Å². The standard InChI is InChI=1S/C18H16N2O3S/c1-10-4-5-12(8-11(10)2)16(21)20-18-19-14-7-6-13(17(22)23-3)9-15(14)24-18/h4-9H,1-3H3,(H,19,20,21). The number of benzene rings is 2. The highest BCUT2D eigenvalue weighted by Crippen LogP contribution is 2.27. The molecular weight excluding hydrogens is 324 g/mol. The summed E-state index contributed by atoms with van der Waals surface area (Å²) in [7, 11) is 1.34. The van der Waals surface area contributed by atoms with Crippen molar-refractivity contribution in [1.29, 1.82) is 0 Å². The van der Waals surface area contributed by atoms with Crippen LogP contribution in [-0.2, 0) is 4.74 Å². The molecule has 0 saturated heterocycles. The molecular formula is C18H16N2O3S. The van der Waals surface area contributed by atoms with E-state index in [1.807, 2.05) is 26.0 Å². The van der Waals surface area contributed by atoms with Crippen molar-refractivity contribution in [2.24, 2.45) is 0 Å². The van der Waals surface area contributed by atoms with Gasteiger partial charge in [0.1, 0.15) is 0 Å². The van der Waals surface area contributed by atoms with E-state index in [1.54, 1.807) is 24.3 Å². The lowest BCUT2D eigenvalue weighted by molar-refractivity contribution is 0.0601. The molecule has 1 heterocycles. The first-order chi connectivity index (χ1) is 11.5. The van der Waals surface area contributed by atoms with Gasteiger partial charge in [-0.2, -0.15) is 0 Å². The van der Waals surface area contributed by atoms with E-state index in [9.17, 15) is 9.59 Å². The highest BCUT2D eigenvalue weighted by Gasteiger charge is 2.12. The summed E-state index contributed by atoms with van der Waals surface area (Å²) in [4.78, 5) is 28.3. The zero-order chi connectivity index (χ0) is 17.3. The molecule has 0 aliphatic rings. The van der Waals surface area contributed by atoms with Gasteiger partial charge in [-0.1, -0.05) is 17.4 Å². The molecule has 3 aromatic rings. The minimum atomic E-state index is -0.397. The normalized spacial score (nSPS) is 10.6. The first kappa shape index (κ1) is 16.1. The zero-order valence-corrected chi connectivity index (χ0v) is 14.4. The molecule has 0 atom stereocenters. The summed E-state index contributed by atoms with van der Waals surface area (Å²) in [5.74, 6) is -0.601. The maximum absolute atomic E-state index is 12.4. The van der Waals surface area contributed by atoms with Gasteiger partial charge in [0.2, 0.25) is 0 Å². The molecule has 0 aliphatic carbocycles. The third-order valence-electron chi connectivity index (χ3n) is 3.80. The summed E-state index contributed by atoms with van der Waals surface area (Å²) in [6.07, 6.45) is 0. The van der Waals surface area contributed by atoms with E-state index < -0.39 is 5.97 Å². The molecule has 0 fully saturated rings. The molecule has 0 aliphatic heterocycles. The van der Waals surface area contributed by atoms with Crippen LogP contribution in [0.4, 0.5) is 5.13 Å². The summed E-state index contributed by atoms with van der Waals surface area (Å²) >= 11 is 1.32. The van der Waals surface area contributed by atoms with Crippen LogP contribution in [0.15, 0.2) is 36.4 Å². The molecule has 0 spiro atoms. The quantitative estimate of drug-likeness (QED) is 0.733. The van der Waals surface area contributed by atoms with Gasteiger partial charge in [-0.25, -0.2) is 9.78 Å². The number of amides is 1. The number of thiazole rings is 1. The number of ether oxygens (including phenoxy) is 1. The van der Waals surface area contributed by atoms with Gasteiger partial charge in [0.05, 0.1) is 22.9 Å². The number of nitrogens with one attached hydrogen (secondary N) is 1. The lowest BCUT2D eigenvalue weighted by Gasteiger charge is -2.04. The molecule has 1 aromatic heterocycles. The molecule has 1 amide bonds. The van der Waals surface area contributed by atoms with Gasteiger partial charge >= 0.3 is 5.97 Å². The number of carbonyl (C=O) groups excluding carboxylic acids is 2. The average molecular weight is 340 g/mol. The molecule has 24 heavy (non-hydrogen) atoms. The van der Waals surface area contributed by atoms with Crippen LogP contribution in [0.5, 0.6) is 0 Å². The second-order valence-electron chi connectivity index (χ2n) is 5.45. The number of hydrogen-bond donors (Lipinski definition) is 1. The van der Waals surface area contributed by atoms with Crippen LogP contribution < -0.4 is 5.32 Å². The average Bonchev–Trinajstić information content (AvgIpc) is 2.97. The van der Waals surface area contributed by atoms with Crippen molar-refractivity contribution in [3.63, 3.8) is 0 Å². The minimum absolute atomic E-state index is 0.203. The molecule has 3 rings (SSSR count). The smallest absolute Gasteiger partial charge is 0.337 e. The van der Waals surface area contributed by atoms with Gasteiger partial charge < -0.3 is 4.74 Å². The number of rotatable bonds is 3. The highest BCUT2D eigenvalue weighted by molar-refractivity contribution is 7.22. The van der Waals surface area contributed by atoms with Crippen molar-refractivity contribution >= 4 is 38.6 Å². The Morgan fingerprint density at radius 2 is 1.79 bits per heavy atom. The van der Waals surface area contributed by atoms with Crippen LogP contribution in [0.3, 0.4) is 0 Å². The fourth-order valence-corrected chi connectivity index (χ4v) is 3.18. The number of esters is 1. The van der Waals surface area contributed by atoms with Gasteiger partial charge in [0.15, 0.2) is 5.13 Å². The van der Waals surface area contributed by atoms with Crippen LogP contribution in [0.25, 0.3) is 10.2 Å². The van der Waals surface area contributed by atoms with Gasteiger partial charge in [0, 0.05) is 5.56 Å². The lowest BCUT2D eigenvalue weighted by Crippen LogP contribution is -2.11. The number of methoxy groups -OCH3 is 1. The summed E-state index contributed by atoms with van der Waals surface area (Å²) in [6.45, 7) is 3.97. The van der Waals surface area contributed by atoms with E-state index in [-0.39, 0.29) is 5.91 Å². The highest BCUT2D eigenvalue weighted by atomic mass is 32.1. The van der Waals surface area contributed by atoms with Crippen molar-refractivity contribution in [2.45, 2.75) is 13.8 Å². The van der Waals surface area contributed by atoms with Crippen LogP contribution in [-0.4, -0.2) is 24.0 Å². The van der Waals surface area contributed by atoms with Crippen LogP contribution in [0.1, 0.15) is 31.8 Å². The number of hydrogen-bond acceptors (Lipinski definition) is 5. The number of aromatic nitrogens is 1. The summed E-state index contributed by atoms with van der Waals surface area (Å²) < 4.78 is 5.52. The molecule has 2 aromatic carbocycles. The monoisotopic (exact) mass is 340 g/mol. The maximum Gasteiger partial charge on any atom is 0.337 e. The molecule has 122 valence electrons. The van der Waals surface area contributed by atoms with E-state index in [4.69, 9.17) is 4.74 Å². The van der Waals surface area contributed by atoms with Gasteiger partial charge in [-0.05, 0) is 55.3 Å². The second kappa shape index (κ2) is 6.41. The topological polar surface area (TPSA) is 68.3 Å². The Morgan fingerprint density at radius 3 is 2.50 bits per heavy atom. The fourth-order valence-electron chi connectivity index (χ4n) is 2.27. The second-order valence-corrected chi connectivity index (χ2v) is 6.48. The largest absolute Gasteiger partial charge is 0.465 e. The SMILES string of the molecule is COC(=O)c1ccc2nc(NC(=O)c3ccc(C)c(C)c3)sc2c1. The number of nitrogens with zero attached hydrogens (tertiary/aromatic N) is 1. The molecule has 5 nitrogen and oxygen atoms in total. The van der Waals surface area contributed by atoms with Crippen molar-refractivity contribution in [2.75, 3.05) is 12.4 Å².